The quantitative estimate of drug-likeness (QED) is 0.798. The molecule has 3 nitrogen and oxygen atoms in total. The van der Waals surface area contributed by atoms with Crippen molar-refractivity contribution in [2.75, 3.05) is 4.90 Å². The van der Waals surface area contributed by atoms with Crippen LogP contribution >= 0.6 is 11.6 Å². The molecule has 0 atom stereocenters. The third-order valence-corrected chi connectivity index (χ3v) is 3.57. The van der Waals surface area contributed by atoms with E-state index in [1.165, 1.54) is 17.0 Å². The molecule has 0 radical (unpaired) electrons. The van der Waals surface area contributed by atoms with Gasteiger partial charge in [-0.05, 0) is 29.8 Å². The van der Waals surface area contributed by atoms with Crippen LogP contribution in [0, 0.1) is 11.6 Å². The molecule has 0 spiro atoms. The van der Waals surface area contributed by atoms with Crippen LogP contribution in [-0.4, -0.2) is 11.7 Å². The van der Waals surface area contributed by atoms with E-state index >= 15 is 0 Å². The van der Waals surface area contributed by atoms with Crippen molar-refractivity contribution in [2.24, 2.45) is 0 Å². The number of halogens is 3. The summed E-state index contributed by atoms with van der Waals surface area (Å²) in [7, 11) is 0. The fraction of sp³-hybridized carbons (Fsp3) is 0.0667. The van der Waals surface area contributed by atoms with Gasteiger partial charge in [0.1, 0.15) is 0 Å². The van der Waals surface area contributed by atoms with E-state index in [2.05, 4.69) is 0 Å². The first-order valence-electron chi connectivity index (χ1n) is 6.07. The van der Waals surface area contributed by atoms with Crippen LogP contribution in [0.4, 0.5) is 14.5 Å². The van der Waals surface area contributed by atoms with Crippen LogP contribution in [0.1, 0.15) is 15.9 Å². The maximum atomic E-state index is 13.2. The van der Waals surface area contributed by atoms with Gasteiger partial charge in [0.25, 0.3) is 11.7 Å². The average Bonchev–Trinajstić information content (AvgIpc) is 2.69. The van der Waals surface area contributed by atoms with Crippen LogP contribution in [-0.2, 0) is 11.3 Å². The molecular weight excluding hydrogens is 300 g/mol. The summed E-state index contributed by atoms with van der Waals surface area (Å²) in [6.45, 7) is -0.0570. The molecule has 0 saturated heterocycles. The number of rotatable bonds is 2. The first-order chi connectivity index (χ1) is 9.99. The van der Waals surface area contributed by atoms with Gasteiger partial charge in [0.15, 0.2) is 11.6 Å². The molecule has 0 bridgehead atoms. The zero-order valence-corrected chi connectivity index (χ0v) is 11.3. The van der Waals surface area contributed by atoms with Crippen LogP contribution in [0.5, 0.6) is 0 Å². The van der Waals surface area contributed by atoms with E-state index in [0.717, 1.165) is 12.1 Å². The zero-order chi connectivity index (χ0) is 15.1. The van der Waals surface area contributed by atoms with Gasteiger partial charge in [-0.1, -0.05) is 23.7 Å². The number of para-hydroxylation sites is 1. The lowest BCUT2D eigenvalue weighted by Crippen LogP contribution is -2.29. The lowest BCUT2D eigenvalue weighted by molar-refractivity contribution is -0.114. The Bertz CT molecular complexity index is 776. The third kappa shape index (κ3) is 2.19. The smallest absolute Gasteiger partial charge is 0.299 e. The second-order valence-electron chi connectivity index (χ2n) is 4.60. The summed E-state index contributed by atoms with van der Waals surface area (Å²) in [5.74, 6) is -3.37. The van der Waals surface area contributed by atoms with E-state index in [1.807, 2.05) is 0 Å². The Morgan fingerprint density at radius 1 is 1.05 bits per heavy atom. The van der Waals surface area contributed by atoms with Gasteiger partial charge in [-0.3, -0.25) is 14.5 Å². The molecule has 1 aliphatic rings. The van der Waals surface area contributed by atoms with Crippen LogP contribution in [0.25, 0.3) is 0 Å². The lowest BCUT2D eigenvalue weighted by atomic mass is 10.1. The van der Waals surface area contributed by atoms with E-state index in [9.17, 15) is 18.4 Å². The molecule has 21 heavy (non-hydrogen) atoms. The van der Waals surface area contributed by atoms with Crippen LogP contribution in [0.3, 0.4) is 0 Å². The fourth-order valence-corrected chi connectivity index (χ4v) is 2.56. The first-order valence-corrected chi connectivity index (χ1v) is 6.45. The minimum absolute atomic E-state index is 0.0570. The first kappa shape index (κ1) is 13.7. The monoisotopic (exact) mass is 307 g/mol. The Kier molecular flexibility index (Phi) is 3.22. The van der Waals surface area contributed by atoms with E-state index in [-0.39, 0.29) is 17.1 Å². The van der Waals surface area contributed by atoms with Crippen molar-refractivity contribution in [2.45, 2.75) is 6.54 Å². The Labute approximate surface area is 123 Å². The summed E-state index contributed by atoms with van der Waals surface area (Å²) in [5.41, 5.74) is 0.886. The van der Waals surface area contributed by atoms with E-state index < -0.39 is 23.3 Å². The van der Waals surface area contributed by atoms with Crippen molar-refractivity contribution in [1.82, 2.24) is 0 Å². The van der Waals surface area contributed by atoms with Gasteiger partial charge in [0.05, 0.1) is 22.8 Å². The number of hydrogen-bond acceptors (Lipinski definition) is 2. The molecule has 0 N–H and O–H groups in total. The predicted molar refractivity (Wildman–Crippen MR) is 73.3 cm³/mol. The van der Waals surface area contributed by atoms with Crippen molar-refractivity contribution in [3.05, 3.63) is 64.2 Å². The molecule has 3 rings (SSSR count). The molecule has 2 aromatic carbocycles. The molecule has 106 valence electrons. The van der Waals surface area contributed by atoms with Gasteiger partial charge in [-0.15, -0.1) is 0 Å². The molecular formula is C15H8ClF2NO2. The maximum Gasteiger partial charge on any atom is 0.299 e. The number of carbonyl (C=O) groups is 2. The summed E-state index contributed by atoms with van der Waals surface area (Å²) >= 11 is 6.04. The van der Waals surface area contributed by atoms with Gasteiger partial charge in [-0.2, -0.15) is 0 Å². The fourth-order valence-electron chi connectivity index (χ4n) is 2.28. The normalized spacial score (nSPS) is 13.8. The number of ketones is 1. The van der Waals surface area contributed by atoms with Crippen LogP contribution in [0.2, 0.25) is 5.02 Å². The zero-order valence-electron chi connectivity index (χ0n) is 10.6. The highest BCUT2D eigenvalue weighted by Crippen LogP contribution is 2.36. The molecule has 0 fully saturated rings. The van der Waals surface area contributed by atoms with Gasteiger partial charge in [0.2, 0.25) is 0 Å². The Morgan fingerprint density at radius 3 is 2.52 bits per heavy atom. The highest BCUT2D eigenvalue weighted by atomic mass is 35.5. The Hall–Kier alpha value is -2.27. The Morgan fingerprint density at radius 2 is 1.81 bits per heavy atom. The van der Waals surface area contributed by atoms with E-state index in [0.29, 0.717) is 11.3 Å². The number of Topliss-reactive ketones (excluding diaryl/α,β-unsaturated/α-hetero) is 1. The number of hydrogen-bond donors (Lipinski definition) is 0. The number of benzene rings is 2. The molecule has 0 saturated carbocycles. The minimum atomic E-state index is -1.01. The molecule has 1 aliphatic heterocycles. The molecule has 0 aliphatic carbocycles. The summed E-state index contributed by atoms with van der Waals surface area (Å²) < 4.78 is 26.2. The standard InChI is InChI=1S/C15H8ClF2NO2/c16-10-3-1-2-9-13(10)19(15(21)14(9)20)7-8-4-5-11(17)12(18)6-8/h1-6H,7H2. The van der Waals surface area contributed by atoms with Crippen molar-refractivity contribution in [3.8, 4) is 0 Å². The average molecular weight is 308 g/mol. The highest BCUT2D eigenvalue weighted by Gasteiger charge is 2.37. The second kappa shape index (κ2) is 4.93. The van der Waals surface area contributed by atoms with E-state index in [1.54, 1.807) is 12.1 Å². The SMILES string of the molecule is O=C1C(=O)N(Cc2ccc(F)c(F)c2)c2c(Cl)cccc21. The summed E-state index contributed by atoms with van der Waals surface area (Å²) in [6.07, 6.45) is 0. The molecule has 2 aromatic rings. The van der Waals surface area contributed by atoms with Crippen molar-refractivity contribution in [3.63, 3.8) is 0 Å². The van der Waals surface area contributed by atoms with Crippen molar-refractivity contribution in [1.29, 1.82) is 0 Å². The number of carbonyl (C=O) groups excluding carboxylic acids is 2. The molecule has 1 amide bonds. The highest BCUT2D eigenvalue weighted by molar-refractivity contribution is 6.54. The largest absolute Gasteiger partial charge is 0.299 e. The molecule has 1 heterocycles. The number of anilines is 1. The third-order valence-electron chi connectivity index (χ3n) is 3.27. The van der Waals surface area contributed by atoms with Gasteiger partial charge >= 0.3 is 0 Å². The molecule has 0 unspecified atom stereocenters. The van der Waals surface area contributed by atoms with Crippen LogP contribution < -0.4 is 4.90 Å². The van der Waals surface area contributed by atoms with Crippen LogP contribution in [0.15, 0.2) is 36.4 Å². The lowest BCUT2D eigenvalue weighted by Gasteiger charge is -2.17. The van der Waals surface area contributed by atoms with Gasteiger partial charge in [0, 0.05) is 0 Å². The maximum absolute atomic E-state index is 13.2. The number of fused-ring (bicyclic) bond motifs is 1. The summed E-state index contributed by atoms with van der Waals surface area (Å²) in [4.78, 5) is 25.1. The summed E-state index contributed by atoms with van der Waals surface area (Å²) in [6, 6.07) is 7.96. The van der Waals surface area contributed by atoms with Crippen molar-refractivity contribution < 1.29 is 18.4 Å². The number of amides is 1. The van der Waals surface area contributed by atoms with Gasteiger partial charge < -0.3 is 0 Å². The second-order valence-corrected chi connectivity index (χ2v) is 5.01. The van der Waals surface area contributed by atoms with E-state index in [4.69, 9.17) is 11.6 Å². The summed E-state index contributed by atoms with van der Waals surface area (Å²) in [5, 5.41) is 0.259. The van der Waals surface area contributed by atoms with Crippen molar-refractivity contribution >= 4 is 29.0 Å². The predicted octanol–water partition coefficient (Wildman–Crippen LogP) is 3.35. The molecule has 6 heteroatoms. The topological polar surface area (TPSA) is 37.4 Å². The molecule has 0 aromatic heterocycles. The minimum Gasteiger partial charge on any atom is -0.299 e. The van der Waals surface area contributed by atoms with Gasteiger partial charge in [-0.25, -0.2) is 8.78 Å². The number of nitrogens with zero attached hydrogens (tertiary/aromatic N) is 1. The Balaban J connectivity index is 2.02.